The van der Waals surface area contributed by atoms with Gasteiger partial charge in [0, 0.05) is 0 Å². The molecule has 1 aliphatic rings. The highest BCUT2D eigenvalue weighted by Crippen LogP contribution is 2.37. The Morgan fingerprint density at radius 1 is 1.15 bits per heavy atom. The van der Waals surface area contributed by atoms with Crippen molar-refractivity contribution in [3.05, 3.63) is 52.5 Å². The largest absolute Gasteiger partial charge is 0.416 e. The molecule has 2 aromatic rings. The molecule has 0 aliphatic carbocycles. The fraction of sp³-hybridized carbons (Fsp3) is 0.143. The zero-order valence-electron chi connectivity index (χ0n) is 13.1. The first-order valence-electron chi connectivity index (χ1n) is 7.11. The van der Waals surface area contributed by atoms with Crippen LogP contribution < -0.4 is 15.2 Å². The minimum absolute atomic E-state index is 0.00527. The number of anilines is 1. The van der Waals surface area contributed by atoms with Crippen LogP contribution in [0.1, 0.15) is 17.3 Å². The molecule has 0 radical (unpaired) electrons. The third-order valence-corrected chi connectivity index (χ3v) is 6.59. The first kappa shape index (κ1) is 19.9. The quantitative estimate of drug-likeness (QED) is 0.661. The van der Waals surface area contributed by atoms with Gasteiger partial charge in [-0.2, -0.15) is 17.9 Å². The van der Waals surface area contributed by atoms with Crippen LogP contribution in [0.5, 0.6) is 0 Å². The van der Waals surface area contributed by atoms with Crippen LogP contribution in [0.25, 0.3) is 0 Å². The van der Waals surface area contributed by atoms with Crippen molar-refractivity contribution in [2.45, 2.75) is 22.1 Å². The molecule has 7 nitrogen and oxygen atoms in total. The summed E-state index contributed by atoms with van der Waals surface area (Å²) < 4.78 is 88.8. The van der Waals surface area contributed by atoms with Crippen LogP contribution in [0.4, 0.5) is 18.9 Å². The predicted molar refractivity (Wildman–Crippen MR) is 91.0 cm³/mol. The number of fused-ring (bicyclic) bond motifs is 1. The Morgan fingerprint density at radius 3 is 2.41 bits per heavy atom. The van der Waals surface area contributed by atoms with Gasteiger partial charge in [-0.15, -0.1) is 0 Å². The highest BCUT2D eigenvalue weighted by molar-refractivity contribution is 7.90. The molecule has 0 fully saturated rings. The molecule has 0 saturated carbocycles. The first-order valence-corrected chi connectivity index (χ1v) is 10.5. The number of primary sulfonamides is 1. The zero-order chi connectivity index (χ0) is 20.2. The van der Waals surface area contributed by atoms with E-state index in [2.05, 4.69) is 10.0 Å². The minimum atomic E-state index is -4.60. The second-order valence-electron chi connectivity index (χ2n) is 5.65. The van der Waals surface area contributed by atoms with E-state index in [9.17, 15) is 30.0 Å². The summed E-state index contributed by atoms with van der Waals surface area (Å²) in [5.41, 5.74) is -1.02. The number of nitrogens with one attached hydrogen (secondary N) is 2. The van der Waals surface area contributed by atoms with Crippen molar-refractivity contribution in [3.8, 4) is 0 Å². The molecule has 1 heterocycles. The number of alkyl halides is 3. The Morgan fingerprint density at radius 2 is 1.81 bits per heavy atom. The van der Waals surface area contributed by atoms with Crippen LogP contribution in [0.15, 0.2) is 46.2 Å². The van der Waals surface area contributed by atoms with Crippen LogP contribution >= 0.6 is 11.6 Å². The second kappa shape index (κ2) is 6.34. The molecule has 0 saturated heterocycles. The fourth-order valence-electron chi connectivity index (χ4n) is 2.54. The summed E-state index contributed by atoms with van der Waals surface area (Å²) in [5, 5.41) is 7.36. The lowest BCUT2D eigenvalue weighted by atomic mass is 10.1. The van der Waals surface area contributed by atoms with Crippen LogP contribution in [0, 0.1) is 0 Å². The summed E-state index contributed by atoms with van der Waals surface area (Å²) in [5.74, 6) is 0. The summed E-state index contributed by atoms with van der Waals surface area (Å²) in [4.78, 5) is -1.04. The number of rotatable bonds is 2. The van der Waals surface area contributed by atoms with Crippen molar-refractivity contribution < 1.29 is 30.0 Å². The molecule has 146 valence electrons. The van der Waals surface area contributed by atoms with Gasteiger partial charge >= 0.3 is 6.18 Å². The summed E-state index contributed by atoms with van der Waals surface area (Å²) in [6.45, 7) is 0. The lowest BCUT2D eigenvalue weighted by Crippen LogP contribution is -2.38. The van der Waals surface area contributed by atoms with E-state index in [1.54, 1.807) is 0 Å². The van der Waals surface area contributed by atoms with Crippen molar-refractivity contribution >= 4 is 37.3 Å². The topological polar surface area (TPSA) is 118 Å². The Balaban J connectivity index is 2.09. The third-order valence-electron chi connectivity index (χ3n) is 3.75. The van der Waals surface area contributed by atoms with Crippen LogP contribution in [-0.2, 0) is 26.2 Å². The maximum Gasteiger partial charge on any atom is 0.416 e. The molecule has 4 N–H and O–H groups in total. The molecule has 0 bridgehead atoms. The molecular formula is C14H11ClF3N3O4S2. The van der Waals surface area contributed by atoms with Gasteiger partial charge in [0.15, 0.2) is 0 Å². The van der Waals surface area contributed by atoms with Gasteiger partial charge in [-0.05, 0) is 29.8 Å². The Bertz CT molecular complexity index is 1130. The minimum Gasteiger partial charge on any atom is -0.364 e. The maximum absolute atomic E-state index is 12.9. The molecule has 13 heteroatoms. The van der Waals surface area contributed by atoms with Crippen LogP contribution in [-0.4, -0.2) is 16.8 Å². The van der Waals surface area contributed by atoms with E-state index < -0.39 is 47.7 Å². The molecule has 0 amide bonds. The standard InChI is InChI=1S/C14H11ClF3N3O4S2/c15-9-5-10-12(6-11(9)26(19,22)23)27(24,25)21-13(20-10)7-2-1-3-8(4-7)14(16,17)18/h1-6,13,20-21H,(H2,19,22,23). The molecule has 27 heavy (non-hydrogen) atoms. The van der Waals surface area contributed by atoms with Crippen molar-refractivity contribution in [1.82, 2.24) is 4.72 Å². The average molecular weight is 442 g/mol. The number of nitrogens with two attached hydrogens (primary N) is 1. The summed E-state index contributed by atoms with van der Waals surface area (Å²) in [6, 6.07) is 5.91. The highest BCUT2D eigenvalue weighted by Gasteiger charge is 2.35. The van der Waals surface area contributed by atoms with Crippen LogP contribution in [0.2, 0.25) is 5.02 Å². The van der Waals surface area contributed by atoms with E-state index in [-0.39, 0.29) is 16.3 Å². The molecular weight excluding hydrogens is 431 g/mol. The first-order chi connectivity index (χ1) is 12.3. The predicted octanol–water partition coefficient (Wildman–Crippen LogP) is 2.41. The number of sulfonamides is 2. The van der Waals surface area contributed by atoms with Gasteiger partial charge in [0.2, 0.25) is 20.0 Å². The number of halogens is 4. The smallest absolute Gasteiger partial charge is 0.364 e. The van der Waals surface area contributed by atoms with Gasteiger partial charge in [-0.25, -0.2) is 22.0 Å². The Hall–Kier alpha value is -1.86. The maximum atomic E-state index is 12.9. The molecule has 1 atom stereocenters. The molecule has 1 aliphatic heterocycles. The monoisotopic (exact) mass is 441 g/mol. The highest BCUT2D eigenvalue weighted by atomic mass is 35.5. The van der Waals surface area contributed by atoms with Gasteiger partial charge in [0.05, 0.1) is 16.3 Å². The van der Waals surface area contributed by atoms with Gasteiger partial charge < -0.3 is 5.32 Å². The fourth-order valence-corrected chi connectivity index (χ4v) is 5.02. The summed E-state index contributed by atoms with van der Waals surface area (Å²) in [6.07, 6.45) is -5.82. The third kappa shape index (κ3) is 3.89. The number of benzene rings is 2. The van der Waals surface area contributed by atoms with Crippen LogP contribution in [0.3, 0.4) is 0 Å². The van der Waals surface area contributed by atoms with Gasteiger partial charge in [-0.3, -0.25) is 0 Å². The molecule has 0 aromatic heterocycles. The molecule has 0 spiro atoms. The second-order valence-corrected chi connectivity index (χ2v) is 9.27. The average Bonchev–Trinajstić information content (AvgIpc) is 2.51. The van der Waals surface area contributed by atoms with Gasteiger partial charge in [-0.1, -0.05) is 23.7 Å². The lowest BCUT2D eigenvalue weighted by molar-refractivity contribution is -0.137. The summed E-state index contributed by atoms with van der Waals surface area (Å²) in [7, 11) is -8.54. The van der Waals surface area contributed by atoms with E-state index in [1.165, 1.54) is 6.07 Å². The Kier molecular flexibility index (Phi) is 4.67. The normalized spacial score (nSPS) is 19.2. The van der Waals surface area contributed by atoms with Gasteiger partial charge in [0.25, 0.3) is 0 Å². The lowest BCUT2D eigenvalue weighted by Gasteiger charge is -2.29. The zero-order valence-corrected chi connectivity index (χ0v) is 15.5. The van der Waals surface area contributed by atoms with E-state index in [0.717, 1.165) is 30.3 Å². The van der Waals surface area contributed by atoms with Crippen molar-refractivity contribution in [2.24, 2.45) is 5.14 Å². The molecule has 2 aromatic carbocycles. The van der Waals surface area contributed by atoms with Crippen molar-refractivity contribution in [1.29, 1.82) is 0 Å². The van der Waals surface area contributed by atoms with E-state index in [4.69, 9.17) is 16.7 Å². The molecule has 3 rings (SSSR count). The summed E-state index contributed by atoms with van der Waals surface area (Å²) >= 11 is 5.85. The molecule has 1 unspecified atom stereocenters. The van der Waals surface area contributed by atoms with E-state index in [1.807, 2.05) is 0 Å². The van der Waals surface area contributed by atoms with Crippen molar-refractivity contribution in [3.63, 3.8) is 0 Å². The van der Waals surface area contributed by atoms with E-state index >= 15 is 0 Å². The SMILES string of the molecule is NS(=O)(=O)c1cc2c(cc1Cl)NC(c1cccc(C(F)(F)F)c1)NS2(=O)=O. The number of hydrogen-bond acceptors (Lipinski definition) is 5. The van der Waals surface area contributed by atoms with Crippen molar-refractivity contribution in [2.75, 3.05) is 5.32 Å². The Labute approximate surface area is 157 Å². The van der Waals surface area contributed by atoms with Gasteiger partial charge in [0.1, 0.15) is 16.0 Å². The number of hydrogen-bond donors (Lipinski definition) is 3. The van der Waals surface area contributed by atoms with E-state index in [0.29, 0.717) is 0 Å².